The second kappa shape index (κ2) is 7.24. The van der Waals surface area contributed by atoms with Gasteiger partial charge in [0.1, 0.15) is 6.10 Å². The van der Waals surface area contributed by atoms with Crippen molar-refractivity contribution in [2.75, 3.05) is 14.2 Å². The lowest BCUT2D eigenvalue weighted by Crippen LogP contribution is -2.57. The Morgan fingerprint density at radius 2 is 1.82 bits per heavy atom. The van der Waals surface area contributed by atoms with Gasteiger partial charge in [-0.05, 0) is 68.8 Å². The van der Waals surface area contributed by atoms with Crippen LogP contribution in [0.4, 0.5) is 0 Å². The van der Waals surface area contributed by atoms with Crippen LogP contribution in [-0.2, 0) is 23.8 Å². The monoisotopic (exact) mass is 390 g/mol. The lowest BCUT2D eigenvalue weighted by atomic mass is 9.46. The zero-order chi connectivity index (χ0) is 20.1. The van der Waals surface area contributed by atoms with Crippen LogP contribution in [-0.4, -0.2) is 38.4 Å². The van der Waals surface area contributed by atoms with Crippen LogP contribution in [0.3, 0.4) is 0 Å². The van der Waals surface area contributed by atoms with Gasteiger partial charge in [0.25, 0.3) is 0 Å². The van der Waals surface area contributed by atoms with Crippen LogP contribution in [0, 0.1) is 28.6 Å². The first kappa shape index (κ1) is 20.1. The number of hydrogen-bond donors (Lipinski definition) is 0. The molecule has 0 radical (unpaired) electrons. The third-order valence-electron chi connectivity index (χ3n) is 8.63. The van der Waals surface area contributed by atoms with E-state index in [0.29, 0.717) is 24.2 Å². The Balaban J connectivity index is 1.70. The van der Waals surface area contributed by atoms with E-state index < -0.39 is 0 Å². The highest BCUT2D eigenvalue weighted by molar-refractivity contribution is 5.91. The Labute approximate surface area is 168 Å². The van der Waals surface area contributed by atoms with Gasteiger partial charge in [0, 0.05) is 38.4 Å². The van der Waals surface area contributed by atoms with Crippen molar-refractivity contribution >= 4 is 11.8 Å². The van der Waals surface area contributed by atoms with Gasteiger partial charge in [0.15, 0.2) is 12.1 Å². The van der Waals surface area contributed by atoms with E-state index >= 15 is 0 Å². The van der Waals surface area contributed by atoms with E-state index in [2.05, 4.69) is 6.92 Å². The molecule has 6 atom stereocenters. The SMILES string of the molecule is COC(OC)[C@]12CCC(=O)C=C1CC[C@@H]1[C@H]3CC[C@H](OC(C)=O)[C@@]3(C)CC[C@H]12. The molecular weight excluding hydrogens is 356 g/mol. The molecule has 0 unspecified atom stereocenters. The summed E-state index contributed by atoms with van der Waals surface area (Å²) >= 11 is 0. The highest BCUT2D eigenvalue weighted by atomic mass is 16.7. The lowest BCUT2D eigenvalue weighted by molar-refractivity contribution is -0.215. The van der Waals surface area contributed by atoms with Crippen molar-refractivity contribution in [3.63, 3.8) is 0 Å². The molecule has 0 spiro atoms. The first-order valence-corrected chi connectivity index (χ1v) is 10.8. The van der Waals surface area contributed by atoms with E-state index in [-0.39, 0.29) is 35.0 Å². The van der Waals surface area contributed by atoms with Crippen molar-refractivity contribution in [2.45, 2.75) is 77.6 Å². The average molecular weight is 391 g/mol. The van der Waals surface area contributed by atoms with Gasteiger partial charge in [-0.15, -0.1) is 0 Å². The summed E-state index contributed by atoms with van der Waals surface area (Å²) in [6.07, 6.45) is 9.30. The molecular formula is C23H34O5. The number of carbonyl (C=O) groups excluding carboxylic acids is 2. The molecule has 4 rings (SSSR count). The van der Waals surface area contributed by atoms with Gasteiger partial charge < -0.3 is 14.2 Å². The summed E-state index contributed by atoms with van der Waals surface area (Å²) in [5, 5.41) is 0. The topological polar surface area (TPSA) is 61.8 Å². The van der Waals surface area contributed by atoms with Crippen molar-refractivity contribution < 1.29 is 23.8 Å². The molecule has 3 fully saturated rings. The molecule has 4 aliphatic carbocycles. The van der Waals surface area contributed by atoms with Crippen LogP contribution < -0.4 is 0 Å². The minimum absolute atomic E-state index is 0.0393. The Hall–Kier alpha value is -1.20. The second-order valence-electron chi connectivity index (χ2n) is 9.62. The summed E-state index contributed by atoms with van der Waals surface area (Å²) in [4.78, 5) is 23.8. The van der Waals surface area contributed by atoms with Crippen LogP contribution >= 0.6 is 0 Å². The smallest absolute Gasteiger partial charge is 0.302 e. The predicted octanol–water partition coefficient (Wildman–Crippen LogP) is 4.05. The van der Waals surface area contributed by atoms with Crippen LogP contribution in [0.15, 0.2) is 11.6 Å². The third kappa shape index (κ3) is 2.80. The molecule has 0 saturated heterocycles. The molecule has 0 aromatic carbocycles. The molecule has 0 bridgehead atoms. The molecule has 0 amide bonds. The van der Waals surface area contributed by atoms with E-state index in [4.69, 9.17) is 14.2 Å². The van der Waals surface area contributed by atoms with Crippen LogP contribution in [0.2, 0.25) is 0 Å². The average Bonchev–Trinajstić information content (AvgIpc) is 2.98. The van der Waals surface area contributed by atoms with Crippen molar-refractivity contribution in [3.8, 4) is 0 Å². The maximum Gasteiger partial charge on any atom is 0.302 e. The fraction of sp³-hybridized carbons (Fsp3) is 0.826. The number of esters is 1. The van der Waals surface area contributed by atoms with Gasteiger partial charge in [-0.3, -0.25) is 9.59 Å². The lowest BCUT2D eigenvalue weighted by Gasteiger charge is -2.60. The number of hydrogen-bond acceptors (Lipinski definition) is 5. The maximum atomic E-state index is 12.2. The minimum Gasteiger partial charge on any atom is -0.462 e. The molecule has 28 heavy (non-hydrogen) atoms. The minimum atomic E-state index is -0.310. The summed E-state index contributed by atoms with van der Waals surface area (Å²) in [5.74, 6) is 1.66. The Morgan fingerprint density at radius 1 is 1.07 bits per heavy atom. The maximum absolute atomic E-state index is 12.2. The Bertz CT molecular complexity index is 680. The van der Waals surface area contributed by atoms with Gasteiger partial charge in [-0.25, -0.2) is 0 Å². The number of fused-ring (bicyclic) bond motifs is 5. The number of ether oxygens (including phenoxy) is 3. The molecule has 3 saturated carbocycles. The number of methoxy groups -OCH3 is 2. The van der Waals surface area contributed by atoms with Crippen LogP contribution in [0.25, 0.3) is 0 Å². The number of carbonyl (C=O) groups is 2. The largest absolute Gasteiger partial charge is 0.462 e. The summed E-state index contributed by atoms with van der Waals surface area (Å²) in [5.41, 5.74) is 1.12. The van der Waals surface area contributed by atoms with Crippen LogP contribution in [0.5, 0.6) is 0 Å². The van der Waals surface area contributed by atoms with E-state index in [9.17, 15) is 9.59 Å². The summed E-state index contributed by atoms with van der Waals surface area (Å²) < 4.78 is 17.5. The van der Waals surface area contributed by atoms with Crippen molar-refractivity contribution in [3.05, 3.63) is 11.6 Å². The molecule has 0 N–H and O–H groups in total. The molecule has 4 aliphatic rings. The molecule has 5 heteroatoms. The summed E-state index contributed by atoms with van der Waals surface area (Å²) in [6, 6.07) is 0. The van der Waals surface area contributed by atoms with Gasteiger partial charge in [-0.1, -0.05) is 12.5 Å². The molecule has 156 valence electrons. The van der Waals surface area contributed by atoms with E-state index in [1.807, 2.05) is 6.08 Å². The van der Waals surface area contributed by atoms with E-state index in [1.165, 1.54) is 12.5 Å². The zero-order valence-electron chi connectivity index (χ0n) is 17.7. The molecule has 5 nitrogen and oxygen atoms in total. The molecule has 0 aromatic heterocycles. The summed E-state index contributed by atoms with van der Waals surface area (Å²) in [6.45, 7) is 3.86. The van der Waals surface area contributed by atoms with Crippen molar-refractivity contribution in [2.24, 2.45) is 28.6 Å². The van der Waals surface area contributed by atoms with Crippen molar-refractivity contribution in [1.29, 1.82) is 0 Å². The standard InChI is InChI=1S/C23H34O5/c1-14(24)28-20-8-7-18-17-6-5-15-13-16(25)9-12-23(15,21(26-3)27-4)19(17)10-11-22(18,20)2/h13,17-21H,5-12H2,1-4H3/t17-,18-,19-,20+,22+,23-/m1/s1. The quantitative estimate of drug-likeness (QED) is 0.535. The first-order valence-electron chi connectivity index (χ1n) is 10.8. The number of ketones is 1. The highest BCUT2D eigenvalue weighted by Gasteiger charge is 2.63. The van der Waals surface area contributed by atoms with E-state index in [1.54, 1.807) is 14.2 Å². The second-order valence-corrected chi connectivity index (χ2v) is 9.62. The highest BCUT2D eigenvalue weighted by Crippen LogP contribution is 2.66. The molecule has 0 heterocycles. The number of rotatable bonds is 4. The summed E-state index contributed by atoms with van der Waals surface area (Å²) in [7, 11) is 3.44. The van der Waals surface area contributed by atoms with Gasteiger partial charge >= 0.3 is 5.97 Å². The fourth-order valence-corrected chi connectivity index (χ4v) is 7.58. The third-order valence-corrected chi connectivity index (χ3v) is 8.63. The van der Waals surface area contributed by atoms with E-state index in [0.717, 1.165) is 44.9 Å². The van der Waals surface area contributed by atoms with Gasteiger partial charge in [0.2, 0.25) is 0 Å². The van der Waals surface area contributed by atoms with Crippen LogP contribution in [0.1, 0.15) is 65.2 Å². The predicted molar refractivity (Wildman–Crippen MR) is 104 cm³/mol. The van der Waals surface area contributed by atoms with Gasteiger partial charge in [0.05, 0.1) is 0 Å². The normalized spacial score (nSPS) is 42.5. The fourth-order valence-electron chi connectivity index (χ4n) is 7.58. The Kier molecular flexibility index (Phi) is 5.20. The van der Waals surface area contributed by atoms with Gasteiger partial charge in [-0.2, -0.15) is 0 Å². The molecule has 0 aliphatic heterocycles. The van der Waals surface area contributed by atoms with Crippen molar-refractivity contribution in [1.82, 2.24) is 0 Å². The zero-order valence-corrected chi connectivity index (χ0v) is 17.7. The Morgan fingerprint density at radius 3 is 2.50 bits per heavy atom. The first-order chi connectivity index (χ1) is 13.4. The molecule has 0 aromatic rings.